The Kier molecular flexibility index (Phi) is 5.29. The van der Waals surface area contributed by atoms with Crippen LogP contribution in [0.25, 0.3) is 10.9 Å². The van der Waals surface area contributed by atoms with Gasteiger partial charge in [-0.3, -0.25) is 14.6 Å². The first-order valence-electron chi connectivity index (χ1n) is 9.14. The molecule has 0 unspecified atom stereocenters. The number of rotatable bonds is 5. The predicted molar refractivity (Wildman–Crippen MR) is 112 cm³/mol. The van der Waals surface area contributed by atoms with Crippen LogP contribution >= 0.6 is 0 Å². The summed E-state index contributed by atoms with van der Waals surface area (Å²) in [5.74, 6) is -1.12. The van der Waals surface area contributed by atoms with E-state index in [1.165, 1.54) is 29.1 Å². The fourth-order valence-electron chi connectivity index (χ4n) is 3.04. The van der Waals surface area contributed by atoms with Crippen LogP contribution in [0.15, 0.2) is 89.4 Å². The van der Waals surface area contributed by atoms with E-state index in [9.17, 15) is 14.7 Å². The van der Waals surface area contributed by atoms with Gasteiger partial charge >= 0.3 is 0 Å². The number of aromatic nitrogens is 2. The van der Waals surface area contributed by atoms with Crippen LogP contribution in [0.4, 0.5) is 11.4 Å². The molecule has 0 saturated heterocycles. The minimum Gasteiger partial charge on any atom is -0.493 e. The number of amides is 2. The van der Waals surface area contributed by atoms with Crippen LogP contribution in [0.3, 0.4) is 0 Å². The van der Waals surface area contributed by atoms with Gasteiger partial charge in [0.05, 0.1) is 5.52 Å². The standard InChI is InChI=1S/C22H17N5O3/c28-19(24-16-6-2-1-3-7-16)14-27-18-9-5-4-8-17(18)20(22(27)30)25-26-21(29)15-10-12-23-13-11-15/h1-13,30H,14H2,(H,24,28). The van der Waals surface area contributed by atoms with Crippen LogP contribution in [0.2, 0.25) is 0 Å². The number of carbonyl (C=O) groups excluding carboxylic acids is 2. The molecule has 8 nitrogen and oxygen atoms in total. The molecule has 0 aliphatic rings. The second kappa shape index (κ2) is 8.36. The number of pyridine rings is 1. The van der Waals surface area contributed by atoms with E-state index in [1.807, 2.05) is 18.2 Å². The number of aromatic hydroxyl groups is 1. The van der Waals surface area contributed by atoms with E-state index >= 15 is 0 Å². The van der Waals surface area contributed by atoms with Crippen LogP contribution in [-0.2, 0) is 11.3 Å². The lowest BCUT2D eigenvalue weighted by Crippen LogP contribution is -2.18. The summed E-state index contributed by atoms with van der Waals surface area (Å²) in [6.07, 6.45) is 2.97. The molecule has 2 amide bonds. The van der Waals surface area contributed by atoms with Gasteiger partial charge in [0.2, 0.25) is 11.8 Å². The Morgan fingerprint density at radius 1 is 0.967 bits per heavy atom. The number of para-hydroxylation sites is 2. The number of fused-ring (bicyclic) bond motifs is 1. The molecule has 2 heterocycles. The number of nitrogens with zero attached hydrogens (tertiary/aromatic N) is 4. The van der Waals surface area contributed by atoms with E-state index in [0.717, 1.165) is 0 Å². The molecular formula is C22H17N5O3. The van der Waals surface area contributed by atoms with Crippen LogP contribution in [0.1, 0.15) is 10.4 Å². The molecule has 0 fully saturated rings. The van der Waals surface area contributed by atoms with Crippen LogP contribution in [0.5, 0.6) is 5.88 Å². The van der Waals surface area contributed by atoms with Crippen molar-refractivity contribution in [3.8, 4) is 5.88 Å². The normalized spacial score (nSPS) is 11.1. The van der Waals surface area contributed by atoms with Gasteiger partial charge in [0, 0.05) is 29.0 Å². The Bertz CT molecular complexity index is 1230. The maximum Gasteiger partial charge on any atom is 0.295 e. The third-order valence-corrected chi connectivity index (χ3v) is 4.44. The summed E-state index contributed by atoms with van der Waals surface area (Å²) in [5.41, 5.74) is 1.71. The summed E-state index contributed by atoms with van der Waals surface area (Å²) in [6.45, 7) is -0.130. The zero-order chi connectivity index (χ0) is 20.9. The van der Waals surface area contributed by atoms with Gasteiger partial charge in [0.15, 0.2) is 5.69 Å². The zero-order valence-corrected chi connectivity index (χ0v) is 15.8. The molecule has 2 aromatic carbocycles. The number of hydrogen-bond donors (Lipinski definition) is 2. The molecule has 2 N–H and O–H groups in total. The van der Waals surface area contributed by atoms with Crippen molar-refractivity contribution in [2.45, 2.75) is 6.54 Å². The molecule has 4 aromatic rings. The maximum absolute atomic E-state index is 12.5. The number of benzene rings is 2. The minimum absolute atomic E-state index is 0.125. The molecular weight excluding hydrogens is 382 g/mol. The molecule has 0 aliphatic carbocycles. The van der Waals surface area contributed by atoms with E-state index in [0.29, 0.717) is 22.2 Å². The Hall–Kier alpha value is -4.33. The Balaban J connectivity index is 1.63. The molecule has 0 spiro atoms. The highest BCUT2D eigenvalue weighted by atomic mass is 16.3. The Labute approximate surface area is 171 Å². The molecule has 0 atom stereocenters. The smallest absolute Gasteiger partial charge is 0.295 e. The van der Waals surface area contributed by atoms with Crippen LogP contribution in [0, 0.1) is 0 Å². The molecule has 4 rings (SSSR count). The van der Waals surface area contributed by atoms with Gasteiger partial charge in [-0.25, -0.2) is 0 Å². The van der Waals surface area contributed by atoms with E-state index < -0.39 is 5.91 Å². The van der Waals surface area contributed by atoms with Crippen LogP contribution < -0.4 is 5.32 Å². The molecule has 8 heteroatoms. The molecule has 2 aromatic heterocycles. The van der Waals surface area contributed by atoms with E-state index in [1.54, 1.807) is 36.4 Å². The predicted octanol–water partition coefficient (Wildman–Crippen LogP) is 4.30. The van der Waals surface area contributed by atoms with Crippen molar-refractivity contribution in [3.05, 3.63) is 84.7 Å². The Morgan fingerprint density at radius 3 is 2.43 bits per heavy atom. The molecule has 0 aliphatic heterocycles. The third-order valence-electron chi connectivity index (χ3n) is 4.44. The highest BCUT2D eigenvalue weighted by Gasteiger charge is 2.19. The summed E-state index contributed by atoms with van der Waals surface area (Å²) in [4.78, 5) is 28.5. The van der Waals surface area contributed by atoms with E-state index in [4.69, 9.17) is 0 Å². The Morgan fingerprint density at radius 2 is 1.67 bits per heavy atom. The van der Waals surface area contributed by atoms with Gasteiger partial charge in [-0.05, 0) is 30.3 Å². The highest BCUT2D eigenvalue weighted by Crippen LogP contribution is 2.38. The lowest BCUT2D eigenvalue weighted by Gasteiger charge is -2.08. The number of carbonyl (C=O) groups is 2. The lowest BCUT2D eigenvalue weighted by molar-refractivity contribution is -0.116. The fourth-order valence-corrected chi connectivity index (χ4v) is 3.04. The van der Waals surface area contributed by atoms with Crippen molar-refractivity contribution in [1.29, 1.82) is 0 Å². The largest absolute Gasteiger partial charge is 0.493 e. The van der Waals surface area contributed by atoms with Gasteiger partial charge in [0.1, 0.15) is 6.54 Å². The summed E-state index contributed by atoms with van der Waals surface area (Å²) in [5, 5.41) is 21.8. The average Bonchev–Trinajstić information content (AvgIpc) is 3.04. The fraction of sp³-hybridized carbons (Fsp3) is 0.0455. The van der Waals surface area contributed by atoms with Gasteiger partial charge in [0.25, 0.3) is 5.91 Å². The first-order valence-corrected chi connectivity index (χ1v) is 9.14. The third kappa shape index (κ3) is 3.93. The number of hydrogen-bond acceptors (Lipinski definition) is 5. The summed E-state index contributed by atoms with van der Waals surface area (Å²) >= 11 is 0. The molecule has 0 saturated carbocycles. The quantitative estimate of drug-likeness (QED) is 0.488. The maximum atomic E-state index is 12.5. The first kappa shape index (κ1) is 19.0. The topological polar surface area (TPSA) is 109 Å². The van der Waals surface area contributed by atoms with E-state index in [2.05, 4.69) is 20.5 Å². The highest BCUT2D eigenvalue weighted by molar-refractivity contribution is 5.99. The monoisotopic (exact) mass is 399 g/mol. The summed E-state index contributed by atoms with van der Waals surface area (Å²) < 4.78 is 1.43. The van der Waals surface area contributed by atoms with Crippen molar-refractivity contribution in [2.24, 2.45) is 10.2 Å². The van der Waals surface area contributed by atoms with Crippen molar-refractivity contribution in [1.82, 2.24) is 9.55 Å². The summed E-state index contributed by atoms with van der Waals surface area (Å²) in [6, 6.07) is 19.2. The van der Waals surface area contributed by atoms with E-state index in [-0.39, 0.29) is 24.0 Å². The molecule has 0 radical (unpaired) electrons. The molecule has 0 bridgehead atoms. The number of nitrogens with one attached hydrogen (secondary N) is 1. The van der Waals surface area contributed by atoms with Gasteiger partial charge in [-0.1, -0.05) is 36.4 Å². The van der Waals surface area contributed by atoms with Crippen molar-refractivity contribution in [3.63, 3.8) is 0 Å². The molecule has 148 valence electrons. The lowest BCUT2D eigenvalue weighted by atomic mass is 10.2. The van der Waals surface area contributed by atoms with Crippen molar-refractivity contribution in [2.75, 3.05) is 5.32 Å². The molecule has 30 heavy (non-hydrogen) atoms. The first-order chi connectivity index (χ1) is 14.6. The van der Waals surface area contributed by atoms with Gasteiger partial charge < -0.3 is 15.0 Å². The second-order valence-electron chi connectivity index (χ2n) is 6.43. The zero-order valence-electron chi connectivity index (χ0n) is 15.8. The van der Waals surface area contributed by atoms with Gasteiger partial charge in [-0.2, -0.15) is 0 Å². The minimum atomic E-state index is -0.560. The summed E-state index contributed by atoms with van der Waals surface area (Å²) in [7, 11) is 0. The number of anilines is 1. The van der Waals surface area contributed by atoms with Crippen molar-refractivity contribution >= 4 is 34.1 Å². The van der Waals surface area contributed by atoms with Gasteiger partial charge in [-0.15, -0.1) is 10.2 Å². The van der Waals surface area contributed by atoms with Crippen LogP contribution in [-0.4, -0.2) is 26.5 Å². The number of azo groups is 1. The van der Waals surface area contributed by atoms with Crippen molar-refractivity contribution < 1.29 is 14.7 Å². The average molecular weight is 399 g/mol. The second-order valence-corrected chi connectivity index (χ2v) is 6.43. The SMILES string of the molecule is O=C(Cn1c(O)c(N=NC(=O)c2ccncc2)c2ccccc21)Nc1ccccc1.